The minimum atomic E-state index is -1.67. The maximum atomic E-state index is 12.6. The summed E-state index contributed by atoms with van der Waals surface area (Å²) in [6, 6.07) is 15.6. The maximum absolute atomic E-state index is 12.6. The molecule has 0 unspecified atom stereocenters. The molecule has 2 aromatic carbocycles. The lowest BCUT2D eigenvalue weighted by atomic mass is 9.98. The van der Waals surface area contributed by atoms with Crippen LogP contribution in [0.5, 0.6) is 0 Å². The number of ether oxygens (including phenoxy) is 4. The van der Waals surface area contributed by atoms with Crippen molar-refractivity contribution in [2.75, 3.05) is 26.3 Å². The Morgan fingerprint density at radius 2 is 1.28 bits per heavy atom. The minimum Gasteiger partial charge on any atom is -0.448 e. The zero-order chi connectivity index (χ0) is 31.8. The van der Waals surface area contributed by atoms with E-state index in [2.05, 4.69) is 16.0 Å². The molecule has 43 heavy (non-hydrogen) atoms. The quantitative estimate of drug-likeness (QED) is 0.145. The molecular weight excluding hydrogens is 560 g/mol. The van der Waals surface area contributed by atoms with Gasteiger partial charge in [-0.2, -0.15) is 0 Å². The highest BCUT2D eigenvalue weighted by molar-refractivity contribution is 5.79. The highest BCUT2D eigenvalue weighted by Gasteiger charge is 2.31. The first kappa shape index (κ1) is 33.1. The Morgan fingerprint density at radius 1 is 0.814 bits per heavy atom. The van der Waals surface area contributed by atoms with E-state index in [0.717, 1.165) is 22.3 Å². The summed E-state index contributed by atoms with van der Waals surface area (Å²) in [6.07, 6.45) is -5.04. The van der Waals surface area contributed by atoms with E-state index in [4.69, 9.17) is 18.9 Å². The number of rotatable bonds is 11. The summed E-state index contributed by atoms with van der Waals surface area (Å²) in [4.78, 5) is 47.9. The fraction of sp³-hybridized carbons (Fsp3) is 0.500. The number of nitrogens with one attached hydrogen (secondary N) is 3. The number of alkyl carbamates (subject to hydrolysis) is 3. The average Bonchev–Trinajstić information content (AvgIpc) is 3.22. The normalized spacial score (nSPS) is 13.4. The predicted molar refractivity (Wildman–Crippen MR) is 157 cm³/mol. The first-order valence-corrected chi connectivity index (χ1v) is 13.9. The van der Waals surface area contributed by atoms with E-state index in [1.165, 1.54) is 0 Å². The second-order valence-electron chi connectivity index (χ2n) is 12.0. The minimum absolute atomic E-state index is 0.0204. The van der Waals surface area contributed by atoms with Gasteiger partial charge < -0.3 is 29.6 Å². The second-order valence-corrected chi connectivity index (χ2v) is 12.0. The van der Waals surface area contributed by atoms with Gasteiger partial charge in [-0.05, 0) is 63.8 Å². The topological polar surface area (TPSA) is 167 Å². The molecule has 2 aromatic rings. The van der Waals surface area contributed by atoms with E-state index in [1.54, 1.807) is 41.5 Å². The van der Waals surface area contributed by atoms with Gasteiger partial charge in [-0.25, -0.2) is 14.4 Å². The van der Waals surface area contributed by atoms with Gasteiger partial charge in [0.1, 0.15) is 24.4 Å². The molecule has 1 aliphatic carbocycles. The van der Waals surface area contributed by atoms with Crippen molar-refractivity contribution in [1.82, 2.24) is 16.0 Å². The summed E-state index contributed by atoms with van der Waals surface area (Å²) in [6.45, 7) is 9.27. The summed E-state index contributed by atoms with van der Waals surface area (Å²) in [5, 5.41) is 19.0. The molecule has 3 amide bonds. The molecule has 0 aliphatic heterocycles. The van der Waals surface area contributed by atoms with Crippen LogP contribution in [0.1, 0.15) is 58.6 Å². The van der Waals surface area contributed by atoms with E-state index in [-0.39, 0.29) is 25.6 Å². The first-order valence-electron chi connectivity index (χ1n) is 13.9. The molecule has 0 heterocycles. The molecule has 1 atom stereocenters. The summed E-state index contributed by atoms with van der Waals surface area (Å²) in [5.41, 5.74) is 2.61. The molecule has 0 bridgehead atoms. The molecule has 0 aromatic heterocycles. The van der Waals surface area contributed by atoms with Crippen molar-refractivity contribution < 1.29 is 38.3 Å². The van der Waals surface area contributed by atoms with Crippen molar-refractivity contribution in [2.45, 2.75) is 70.9 Å². The molecule has 13 heteroatoms. The standard InChI is InChI=1S/C30H40N4O9/c1-29(2,3)42-26(35)31-15-19(16-32-27(36)43-30(4,5)6)40-18-25(34(38)39)33-28(37)41-17-24-22-13-9-7-11-20(22)21-12-8-10-14-23(21)24/h7-14,19,24-25H,15-18H2,1-6H3,(H,31,35)(H,32,36)(H,33,37)/t25-/m1/s1. The van der Waals surface area contributed by atoms with Crippen molar-refractivity contribution in [1.29, 1.82) is 0 Å². The van der Waals surface area contributed by atoms with Crippen LogP contribution in [0.4, 0.5) is 14.4 Å². The van der Waals surface area contributed by atoms with Crippen LogP contribution in [0.2, 0.25) is 0 Å². The third-order valence-corrected chi connectivity index (χ3v) is 6.12. The molecule has 0 saturated heterocycles. The van der Waals surface area contributed by atoms with Crippen molar-refractivity contribution in [3.8, 4) is 11.1 Å². The van der Waals surface area contributed by atoms with Gasteiger partial charge in [0.15, 0.2) is 0 Å². The van der Waals surface area contributed by atoms with Crippen LogP contribution in [-0.2, 0) is 18.9 Å². The molecule has 3 rings (SSSR count). The Labute approximate surface area is 250 Å². The van der Waals surface area contributed by atoms with E-state index < -0.39 is 53.3 Å². The van der Waals surface area contributed by atoms with E-state index in [1.807, 2.05) is 48.5 Å². The largest absolute Gasteiger partial charge is 0.448 e. The maximum Gasteiger partial charge on any atom is 0.412 e. The van der Waals surface area contributed by atoms with Gasteiger partial charge >= 0.3 is 24.4 Å². The molecule has 1 aliphatic rings. The van der Waals surface area contributed by atoms with E-state index in [0.29, 0.717) is 0 Å². The SMILES string of the molecule is CC(C)(C)OC(=O)NCC(CNC(=O)OC(C)(C)C)OC[C@H](NC(=O)OCC1c2ccccc2-c2ccccc21)[N+](=O)[O-]. The molecule has 234 valence electrons. The highest BCUT2D eigenvalue weighted by Crippen LogP contribution is 2.44. The smallest absolute Gasteiger partial charge is 0.412 e. The summed E-state index contributed by atoms with van der Waals surface area (Å²) in [5.74, 6) is -0.217. The lowest BCUT2D eigenvalue weighted by Crippen LogP contribution is -2.48. The molecule has 0 radical (unpaired) electrons. The van der Waals surface area contributed by atoms with Gasteiger partial charge in [0.05, 0.1) is 6.10 Å². The fourth-order valence-electron chi connectivity index (χ4n) is 4.37. The Balaban J connectivity index is 1.59. The molecule has 0 fully saturated rings. The molecule has 3 N–H and O–H groups in total. The Morgan fingerprint density at radius 3 is 1.72 bits per heavy atom. The van der Waals surface area contributed by atoms with Crippen LogP contribution >= 0.6 is 0 Å². The van der Waals surface area contributed by atoms with Crippen LogP contribution in [0, 0.1) is 10.1 Å². The van der Waals surface area contributed by atoms with Gasteiger partial charge in [-0.15, -0.1) is 0 Å². The Hall–Kier alpha value is -4.39. The van der Waals surface area contributed by atoms with Crippen LogP contribution < -0.4 is 16.0 Å². The molecular formula is C30H40N4O9. The Bertz CT molecular complexity index is 1230. The van der Waals surface area contributed by atoms with Gasteiger partial charge in [0.25, 0.3) is 0 Å². The number of benzene rings is 2. The zero-order valence-corrected chi connectivity index (χ0v) is 25.3. The second kappa shape index (κ2) is 14.2. The van der Waals surface area contributed by atoms with Gasteiger partial charge in [-0.3, -0.25) is 15.4 Å². The summed E-state index contributed by atoms with van der Waals surface area (Å²) >= 11 is 0. The number of nitrogens with zero attached hydrogens (tertiary/aromatic N) is 1. The average molecular weight is 601 g/mol. The Kier molecular flexibility index (Phi) is 10.9. The molecule has 13 nitrogen and oxygen atoms in total. The van der Waals surface area contributed by atoms with Gasteiger partial charge in [0.2, 0.25) is 0 Å². The zero-order valence-electron chi connectivity index (χ0n) is 25.3. The third kappa shape index (κ3) is 10.4. The van der Waals surface area contributed by atoms with Crippen LogP contribution in [0.25, 0.3) is 11.1 Å². The number of carbonyl (C=O) groups excluding carboxylic acids is 3. The number of nitro groups is 1. The van der Waals surface area contributed by atoms with E-state index >= 15 is 0 Å². The number of hydrogen-bond donors (Lipinski definition) is 3. The molecule has 0 spiro atoms. The number of carbonyl (C=O) groups is 3. The fourth-order valence-corrected chi connectivity index (χ4v) is 4.37. The van der Waals surface area contributed by atoms with Gasteiger partial charge in [-0.1, -0.05) is 48.5 Å². The van der Waals surface area contributed by atoms with Crippen LogP contribution in [-0.4, -0.2) is 73.0 Å². The third-order valence-electron chi connectivity index (χ3n) is 6.12. The lowest BCUT2D eigenvalue weighted by molar-refractivity contribution is -0.531. The summed E-state index contributed by atoms with van der Waals surface area (Å²) in [7, 11) is 0. The molecule has 0 saturated carbocycles. The predicted octanol–water partition coefficient (Wildman–Crippen LogP) is 4.56. The van der Waals surface area contributed by atoms with E-state index in [9.17, 15) is 24.5 Å². The highest BCUT2D eigenvalue weighted by atomic mass is 16.6. The lowest BCUT2D eigenvalue weighted by Gasteiger charge is -2.24. The monoisotopic (exact) mass is 600 g/mol. The number of hydrogen-bond acceptors (Lipinski definition) is 9. The van der Waals surface area contributed by atoms with Crippen molar-refractivity contribution in [2.24, 2.45) is 0 Å². The van der Waals surface area contributed by atoms with Crippen LogP contribution in [0.15, 0.2) is 48.5 Å². The summed E-state index contributed by atoms with van der Waals surface area (Å²) < 4.78 is 21.5. The van der Waals surface area contributed by atoms with Crippen molar-refractivity contribution in [3.05, 3.63) is 69.8 Å². The van der Waals surface area contributed by atoms with Crippen molar-refractivity contribution >= 4 is 18.3 Å². The van der Waals surface area contributed by atoms with Crippen molar-refractivity contribution in [3.63, 3.8) is 0 Å². The first-order chi connectivity index (χ1) is 20.1. The van der Waals surface area contributed by atoms with Crippen LogP contribution in [0.3, 0.4) is 0 Å². The number of amides is 3. The number of fused-ring (bicyclic) bond motifs is 3. The van der Waals surface area contributed by atoms with Gasteiger partial charge in [0, 0.05) is 23.9 Å².